The number of aliphatic hydroxyl groups is 1. The zero-order chi connectivity index (χ0) is 14.3. The number of carbonyl (C=O) groups is 1. The van der Waals surface area contributed by atoms with Gasteiger partial charge in [0.05, 0.1) is 26.4 Å². The molecule has 0 spiro atoms. The van der Waals surface area contributed by atoms with E-state index < -0.39 is 0 Å². The molecule has 0 radical (unpaired) electrons. The van der Waals surface area contributed by atoms with Crippen LogP contribution in [0.25, 0.3) is 6.08 Å². The van der Waals surface area contributed by atoms with Crippen LogP contribution in [0.1, 0.15) is 18.1 Å². The molecule has 0 aliphatic carbocycles. The summed E-state index contributed by atoms with van der Waals surface area (Å²) in [7, 11) is 3.13. The Labute approximate surface area is 117 Å². The number of methoxy groups -OCH3 is 2. The van der Waals surface area contributed by atoms with Crippen LogP contribution < -0.4 is 9.47 Å². The lowest BCUT2D eigenvalue weighted by Gasteiger charge is -2.12. The van der Waals surface area contributed by atoms with Crippen molar-refractivity contribution in [3.05, 3.63) is 29.3 Å². The standard InChI is InChI=1S/C14H18O4S/c1-10(16)19-6-4-5-12-13(17-2)7-11(9-15)8-14(12)18-3/h4-5,7-8,15H,6,9H2,1-3H3. The maximum Gasteiger partial charge on any atom is 0.186 e. The predicted octanol–water partition coefficient (Wildman–Crippen LogP) is 2.49. The van der Waals surface area contributed by atoms with E-state index in [0.717, 1.165) is 11.1 Å². The molecule has 0 bridgehead atoms. The van der Waals surface area contributed by atoms with Gasteiger partial charge >= 0.3 is 0 Å². The van der Waals surface area contributed by atoms with E-state index in [4.69, 9.17) is 9.47 Å². The normalized spacial score (nSPS) is 10.7. The Morgan fingerprint density at radius 3 is 2.32 bits per heavy atom. The Balaban J connectivity index is 3.00. The highest BCUT2D eigenvalue weighted by Gasteiger charge is 2.09. The van der Waals surface area contributed by atoms with Gasteiger partial charge in [-0.15, -0.1) is 0 Å². The predicted molar refractivity (Wildman–Crippen MR) is 77.6 cm³/mol. The van der Waals surface area contributed by atoms with Crippen molar-refractivity contribution in [2.45, 2.75) is 13.5 Å². The molecular formula is C14H18O4S. The van der Waals surface area contributed by atoms with Gasteiger partial charge in [0.1, 0.15) is 11.5 Å². The number of hydrogen-bond acceptors (Lipinski definition) is 5. The summed E-state index contributed by atoms with van der Waals surface area (Å²) in [5.74, 6) is 1.86. The van der Waals surface area contributed by atoms with Gasteiger partial charge in [-0.05, 0) is 17.7 Å². The van der Waals surface area contributed by atoms with Gasteiger partial charge in [-0.3, -0.25) is 4.79 Å². The van der Waals surface area contributed by atoms with Crippen LogP contribution >= 0.6 is 11.8 Å². The van der Waals surface area contributed by atoms with E-state index in [1.165, 1.54) is 18.7 Å². The molecule has 4 nitrogen and oxygen atoms in total. The second-order valence-electron chi connectivity index (χ2n) is 3.78. The summed E-state index contributed by atoms with van der Waals surface area (Å²) in [5.41, 5.74) is 1.52. The Hall–Kier alpha value is -1.46. The van der Waals surface area contributed by atoms with E-state index in [0.29, 0.717) is 17.3 Å². The van der Waals surface area contributed by atoms with E-state index >= 15 is 0 Å². The van der Waals surface area contributed by atoms with Gasteiger partial charge in [-0.1, -0.05) is 23.9 Å². The van der Waals surface area contributed by atoms with Crippen molar-refractivity contribution in [1.82, 2.24) is 0 Å². The van der Waals surface area contributed by atoms with Gasteiger partial charge in [0.25, 0.3) is 0 Å². The van der Waals surface area contributed by atoms with Crippen LogP contribution in [0.5, 0.6) is 11.5 Å². The lowest BCUT2D eigenvalue weighted by Crippen LogP contribution is -1.96. The monoisotopic (exact) mass is 282 g/mol. The highest BCUT2D eigenvalue weighted by Crippen LogP contribution is 2.32. The largest absolute Gasteiger partial charge is 0.496 e. The Morgan fingerprint density at radius 2 is 1.89 bits per heavy atom. The van der Waals surface area contributed by atoms with E-state index in [2.05, 4.69) is 0 Å². The Morgan fingerprint density at radius 1 is 1.32 bits per heavy atom. The van der Waals surface area contributed by atoms with Gasteiger partial charge in [0, 0.05) is 12.7 Å². The van der Waals surface area contributed by atoms with Gasteiger partial charge in [0.15, 0.2) is 5.12 Å². The van der Waals surface area contributed by atoms with Crippen LogP contribution in [-0.4, -0.2) is 30.2 Å². The summed E-state index contributed by atoms with van der Waals surface area (Å²) in [6.07, 6.45) is 3.74. The lowest BCUT2D eigenvalue weighted by molar-refractivity contribution is -0.109. The average molecular weight is 282 g/mol. The maximum atomic E-state index is 10.8. The molecule has 0 amide bonds. The van der Waals surface area contributed by atoms with Crippen LogP contribution in [0.15, 0.2) is 18.2 Å². The first-order valence-electron chi connectivity index (χ1n) is 5.78. The topological polar surface area (TPSA) is 55.8 Å². The summed E-state index contributed by atoms with van der Waals surface area (Å²) in [4.78, 5) is 10.8. The molecule has 0 aromatic heterocycles. The molecule has 5 heteroatoms. The third kappa shape index (κ3) is 4.61. The number of aliphatic hydroxyl groups excluding tert-OH is 1. The molecule has 1 aromatic rings. The van der Waals surface area contributed by atoms with Crippen molar-refractivity contribution < 1.29 is 19.4 Å². The van der Waals surface area contributed by atoms with Crippen molar-refractivity contribution in [3.8, 4) is 11.5 Å². The fraction of sp³-hybridized carbons (Fsp3) is 0.357. The molecule has 1 aromatic carbocycles. The quantitative estimate of drug-likeness (QED) is 0.868. The van der Waals surface area contributed by atoms with Gasteiger partial charge in [-0.2, -0.15) is 0 Å². The minimum atomic E-state index is -0.0725. The molecule has 0 atom stereocenters. The number of carbonyl (C=O) groups excluding carboxylic acids is 1. The molecule has 1 N–H and O–H groups in total. The van der Waals surface area contributed by atoms with Crippen molar-refractivity contribution in [2.75, 3.05) is 20.0 Å². The molecule has 0 aliphatic heterocycles. The summed E-state index contributed by atoms with van der Waals surface area (Å²) >= 11 is 1.24. The highest BCUT2D eigenvalue weighted by molar-refractivity contribution is 8.13. The van der Waals surface area contributed by atoms with Crippen LogP contribution in [-0.2, 0) is 11.4 Å². The average Bonchev–Trinajstić information content (AvgIpc) is 2.42. The fourth-order valence-corrected chi connectivity index (χ4v) is 2.01. The first-order valence-corrected chi connectivity index (χ1v) is 6.76. The summed E-state index contributed by atoms with van der Waals surface area (Å²) in [5, 5.41) is 9.26. The molecule has 0 heterocycles. The molecule has 0 fully saturated rings. The van der Waals surface area contributed by atoms with Crippen molar-refractivity contribution >= 4 is 23.0 Å². The summed E-state index contributed by atoms with van der Waals surface area (Å²) < 4.78 is 10.6. The number of benzene rings is 1. The second-order valence-corrected chi connectivity index (χ2v) is 4.97. The van der Waals surface area contributed by atoms with Crippen molar-refractivity contribution in [2.24, 2.45) is 0 Å². The molecule has 1 rings (SSSR count). The summed E-state index contributed by atoms with van der Waals surface area (Å²) in [6, 6.07) is 3.53. The zero-order valence-electron chi connectivity index (χ0n) is 11.3. The smallest absolute Gasteiger partial charge is 0.186 e. The third-order valence-corrected chi connectivity index (χ3v) is 3.22. The first kappa shape index (κ1) is 15.6. The zero-order valence-corrected chi connectivity index (χ0v) is 12.1. The summed E-state index contributed by atoms with van der Waals surface area (Å²) in [6.45, 7) is 1.46. The molecule has 0 saturated carbocycles. The van der Waals surface area contributed by atoms with Crippen LogP contribution in [0, 0.1) is 0 Å². The highest BCUT2D eigenvalue weighted by atomic mass is 32.2. The number of ether oxygens (including phenoxy) is 2. The van der Waals surface area contributed by atoms with E-state index in [-0.39, 0.29) is 11.7 Å². The SMILES string of the molecule is COc1cc(CO)cc(OC)c1C=CCSC(C)=O. The van der Waals surface area contributed by atoms with E-state index in [1.807, 2.05) is 12.2 Å². The van der Waals surface area contributed by atoms with Gasteiger partial charge in [0.2, 0.25) is 0 Å². The number of hydrogen-bond donors (Lipinski definition) is 1. The molecule has 0 unspecified atom stereocenters. The number of thioether (sulfide) groups is 1. The Bertz CT molecular complexity index is 444. The maximum absolute atomic E-state index is 10.8. The second kappa shape index (κ2) is 7.86. The fourth-order valence-electron chi connectivity index (χ4n) is 1.58. The van der Waals surface area contributed by atoms with Crippen molar-refractivity contribution in [3.63, 3.8) is 0 Å². The van der Waals surface area contributed by atoms with Crippen LogP contribution in [0.4, 0.5) is 0 Å². The minimum absolute atomic E-state index is 0.0725. The van der Waals surface area contributed by atoms with E-state index in [9.17, 15) is 9.90 Å². The third-order valence-electron chi connectivity index (χ3n) is 2.45. The van der Waals surface area contributed by atoms with Crippen LogP contribution in [0.2, 0.25) is 0 Å². The Kier molecular flexibility index (Phi) is 6.45. The molecule has 0 aliphatic rings. The van der Waals surface area contributed by atoms with Crippen LogP contribution in [0.3, 0.4) is 0 Å². The number of rotatable bonds is 6. The molecule has 0 saturated heterocycles. The lowest BCUT2D eigenvalue weighted by atomic mass is 10.1. The molecule has 19 heavy (non-hydrogen) atoms. The van der Waals surface area contributed by atoms with Gasteiger partial charge in [-0.25, -0.2) is 0 Å². The van der Waals surface area contributed by atoms with Crippen molar-refractivity contribution in [1.29, 1.82) is 0 Å². The molecular weight excluding hydrogens is 264 g/mol. The molecule has 104 valence electrons. The first-order chi connectivity index (χ1) is 9.12. The van der Waals surface area contributed by atoms with Gasteiger partial charge < -0.3 is 14.6 Å². The van der Waals surface area contributed by atoms with E-state index in [1.54, 1.807) is 26.4 Å². The minimum Gasteiger partial charge on any atom is -0.496 e.